The van der Waals surface area contributed by atoms with Crippen LogP contribution in [0.2, 0.25) is 0 Å². The number of sulfonamides is 1. The van der Waals surface area contributed by atoms with Gasteiger partial charge in [0.1, 0.15) is 16.4 Å². The smallest absolute Gasteiger partial charge is 0.246 e. The Morgan fingerprint density at radius 2 is 2.15 bits per heavy atom. The highest BCUT2D eigenvalue weighted by molar-refractivity contribution is 7.89. The van der Waals surface area contributed by atoms with Gasteiger partial charge >= 0.3 is 0 Å². The number of furan rings is 1. The molecule has 2 rings (SSSR count). The Bertz CT molecular complexity index is 706. The van der Waals surface area contributed by atoms with Gasteiger partial charge in [-0.25, -0.2) is 13.4 Å². The Morgan fingerprint density at radius 3 is 2.65 bits per heavy atom. The molecule has 0 aliphatic heterocycles. The van der Waals surface area contributed by atoms with Gasteiger partial charge in [0.15, 0.2) is 0 Å². The van der Waals surface area contributed by atoms with E-state index in [2.05, 4.69) is 4.98 Å². The Labute approximate surface area is 127 Å². The minimum atomic E-state index is -3.60. The van der Waals surface area contributed by atoms with Gasteiger partial charge in [0.05, 0.1) is 23.1 Å². The van der Waals surface area contributed by atoms with Crippen LogP contribution in [0.4, 0.5) is 0 Å². The quantitative estimate of drug-likeness (QED) is 0.789. The molecule has 2 aromatic rings. The second-order valence-electron chi connectivity index (χ2n) is 4.39. The van der Waals surface area contributed by atoms with E-state index in [9.17, 15) is 8.42 Å². The van der Waals surface area contributed by atoms with E-state index in [0.29, 0.717) is 11.5 Å². The van der Waals surface area contributed by atoms with E-state index in [4.69, 9.17) is 16.0 Å². The van der Waals surface area contributed by atoms with E-state index >= 15 is 0 Å². The van der Waals surface area contributed by atoms with Crippen molar-refractivity contribution >= 4 is 33.0 Å². The van der Waals surface area contributed by atoms with Gasteiger partial charge in [-0.3, -0.25) is 0 Å². The predicted molar refractivity (Wildman–Crippen MR) is 78.5 cm³/mol. The first-order valence-electron chi connectivity index (χ1n) is 5.87. The number of aromatic nitrogens is 1. The first-order valence-corrected chi connectivity index (χ1v) is 8.72. The maximum atomic E-state index is 12.5. The molecule has 0 radical (unpaired) electrons. The summed E-state index contributed by atoms with van der Waals surface area (Å²) in [4.78, 5) is 4.42. The van der Waals surface area contributed by atoms with Crippen molar-refractivity contribution in [2.45, 2.75) is 31.2 Å². The topological polar surface area (TPSA) is 63.4 Å². The Balaban J connectivity index is 2.26. The Hall–Kier alpha value is -0.890. The fourth-order valence-electron chi connectivity index (χ4n) is 1.81. The van der Waals surface area contributed by atoms with Crippen LogP contribution in [0.1, 0.15) is 22.2 Å². The third kappa shape index (κ3) is 3.06. The zero-order valence-corrected chi connectivity index (χ0v) is 13.8. The molecule has 5 nitrogen and oxygen atoms in total. The summed E-state index contributed by atoms with van der Waals surface area (Å²) in [6.45, 7) is 3.73. The summed E-state index contributed by atoms with van der Waals surface area (Å²) in [5.74, 6) is 0.938. The monoisotopic (exact) mass is 334 g/mol. The first-order chi connectivity index (χ1) is 9.34. The van der Waals surface area contributed by atoms with Crippen molar-refractivity contribution in [2.75, 3.05) is 7.05 Å². The number of rotatable bonds is 5. The van der Waals surface area contributed by atoms with Crippen LogP contribution in [0.5, 0.6) is 0 Å². The van der Waals surface area contributed by atoms with Crippen LogP contribution in [0.3, 0.4) is 0 Å². The molecule has 0 unspecified atom stereocenters. The van der Waals surface area contributed by atoms with Crippen molar-refractivity contribution in [1.82, 2.24) is 9.29 Å². The van der Waals surface area contributed by atoms with Crippen LogP contribution in [0, 0.1) is 13.8 Å². The van der Waals surface area contributed by atoms with Crippen molar-refractivity contribution in [3.05, 3.63) is 33.7 Å². The zero-order valence-electron chi connectivity index (χ0n) is 11.4. The molecule has 0 N–H and O–H groups in total. The summed E-state index contributed by atoms with van der Waals surface area (Å²) in [5.41, 5.74) is 0.734. The highest BCUT2D eigenvalue weighted by atomic mass is 35.5. The second-order valence-corrected chi connectivity index (χ2v) is 7.73. The molecule has 0 fully saturated rings. The molecule has 0 aliphatic rings. The molecule has 20 heavy (non-hydrogen) atoms. The molecule has 8 heteroatoms. The second kappa shape index (κ2) is 5.85. The number of hydrogen-bond donors (Lipinski definition) is 0. The van der Waals surface area contributed by atoms with E-state index in [-0.39, 0.29) is 17.3 Å². The van der Waals surface area contributed by atoms with Crippen LogP contribution in [-0.2, 0) is 22.4 Å². The molecule has 0 spiro atoms. The fraction of sp³-hybridized carbons (Fsp3) is 0.417. The van der Waals surface area contributed by atoms with Crippen molar-refractivity contribution < 1.29 is 12.8 Å². The van der Waals surface area contributed by atoms with Gasteiger partial charge in [-0.2, -0.15) is 4.31 Å². The number of aryl methyl sites for hydroxylation is 2. The third-order valence-electron chi connectivity index (χ3n) is 2.79. The summed E-state index contributed by atoms with van der Waals surface area (Å²) in [5, 5.41) is 2.77. The largest absolute Gasteiger partial charge is 0.464 e. The van der Waals surface area contributed by atoms with E-state index in [1.54, 1.807) is 6.92 Å². The first kappa shape index (κ1) is 15.5. The Kier molecular flexibility index (Phi) is 4.53. The number of alkyl halides is 1. The zero-order chi connectivity index (χ0) is 14.9. The molecule has 0 amide bonds. The summed E-state index contributed by atoms with van der Waals surface area (Å²) in [7, 11) is -2.08. The van der Waals surface area contributed by atoms with Gasteiger partial charge in [0.2, 0.25) is 10.0 Å². The lowest BCUT2D eigenvalue weighted by molar-refractivity contribution is 0.455. The maximum Gasteiger partial charge on any atom is 0.246 e. The maximum absolute atomic E-state index is 12.5. The lowest BCUT2D eigenvalue weighted by Gasteiger charge is -2.15. The standard InChI is InChI=1S/C12H15ClN2O3S2/c1-8-12(4-11(5-13)18-8)20(16,17)15(3)6-10-7-19-9(2)14-10/h4,7H,5-6H2,1-3H3. The lowest BCUT2D eigenvalue weighted by atomic mass is 10.4. The SMILES string of the molecule is Cc1nc(CN(C)S(=O)(=O)c2cc(CCl)oc2C)cs1. The average Bonchev–Trinajstić information content (AvgIpc) is 2.95. The van der Waals surface area contributed by atoms with E-state index in [1.165, 1.54) is 28.8 Å². The van der Waals surface area contributed by atoms with Crippen LogP contribution < -0.4 is 0 Å². The fourth-order valence-corrected chi connectivity index (χ4v) is 3.87. The van der Waals surface area contributed by atoms with Crippen LogP contribution in [0.25, 0.3) is 0 Å². The van der Waals surface area contributed by atoms with Gasteiger partial charge in [0, 0.05) is 18.5 Å². The van der Waals surface area contributed by atoms with Crippen molar-refractivity contribution in [3.8, 4) is 0 Å². The van der Waals surface area contributed by atoms with E-state index in [0.717, 1.165) is 10.7 Å². The van der Waals surface area contributed by atoms with E-state index < -0.39 is 10.0 Å². The summed E-state index contributed by atoms with van der Waals surface area (Å²) >= 11 is 7.16. The minimum Gasteiger partial charge on any atom is -0.464 e. The normalized spacial score (nSPS) is 12.2. The molecule has 0 aliphatic carbocycles. The molecule has 0 aromatic carbocycles. The molecule has 2 heterocycles. The summed E-state index contributed by atoms with van der Waals surface area (Å²) < 4.78 is 31.5. The van der Waals surface area contributed by atoms with Gasteiger partial charge < -0.3 is 4.42 Å². The van der Waals surface area contributed by atoms with E-state index in [1.807, 2.05) is 12.3 Å². The number of thiazole rings is 1. The third-order valence-corrected chi connectivity index (χ3v) is 5.79. The molecule has 110 valence electrons. The van der Waals surface area contributed by atoms with Crippen LogP contribution >= 0.6 is 22.9 Å². The number of hydrogen-bond acceptors (Lipinski definition) is 5. The lowest BCUT2D eigenvalue weighted by Crippen LogP contribution is -2.26. The molecule has 0 atom stereocenters. The summed E-state index contributed by atoms with van der Waals surface area (Å²) in [6, 6.07) is 1.47. The molecular formula is C12H15ClN2O3S2. The molecule has 0 bridgehead atoms. The molecule has 2 aromatic heterocycles. The Morgan fingerprint density at radius 1 is 1.45 bits per heavy atom. The highest BCUT2D eigenvalue weighted by Crippen LogP contribution is 2.25. The van der Waals surface area contributed by atoms with Gasteiger partial charge in [-0.1, -0.05) is 0 Å². The van der Waals surface area contributed by atoms with Crippen molar-refractivity contribution in [2.24, 2.45) is 0 Å². The molecular weight excluding hydrogens is 320 g/mol. The molecule has 0 saturated carbocycles. The summed E-state index contributed by atoms with van der Waals surface area (Å²) in [6.07, 6.45) is 0. The van der Waals surface area contributed by atoms with Crippen LogP contribution in [0.15, 0.2) is 20.8 Å². The minimum absolute atomic E-state index is 0.144. The number of halogens is 1. The number of nitrogens with zero attached hydrogens (tertiary/aromatic N) is 2. The van der Waals surface area contributed by atoms with Gasteiger partial charge in [-0.15, -0.1) is 22.9 Å². The highest BCUT2D eigenvalue weighted by Gasteiger charge is 2.26. The van der Waals surface area contributed by atoms with Crippen molar-refractivity contribution in [3.63, 3.8) is 0 Å². The average molecular weight is 335 g/mol. The van der Waals surface area contributed by atoms with Gasteiger partial charge in [-0.05, 0) is 13.8 Å². The predicted octanol–water partition coefficient (Wildman–Crippen LogP) is 2.91. The van der Waals surface area contributed by atoms with Crippen molar-refractivity contribution in [1.29, 1.82) is 0 Å². The van der Waals surface area contributed by atoms with Gasteiger partial charge in [0.25, 0.3) is 0 Å². The van der Waals surface area contributed by atoms with Crippen LogP contribution in [-0.4, -0.2) is 24.8 Å². The molecule has 0 saturated heterocycles.